The average Bonchev–Trinajstić information content (AvgIpc) is 3.89. The fraction of sp³-hybridized carbons (Fsp3) is 0.581. The number of rotatable bonds is 12. The molecule has 11 heteroatoms. The van der Waals surface area contributed by atoms with E-state index in [1.54, 1.807) is 14.2 Å². The second-order valence-electron chi connectivity index (χ2n) is 16.6. The zero-order valence-corrected chi connectivity index (χ0v) is 33.0. The predicted molar refractivity (Wildman–Crippen MR) is 210 cm³/mol. The van der Waals surface area contributed by atoms with Crippen molar-refractivity contribution in [1.29, 1.82) is 0 Å². The first-order valence-corrected chi connectivity index (χ1v) is 19.9. The van der Waals surface area contributed by atoms with Crippen molar-refractivity contribution in [2.24, 2.45) is 11.8 Å². The van der Waals surface area contributed by atoms with Gasteiger partial charge < -0.3 is 29.3 Å². The van der Waals surface area contributed by atoms with Gasteiger partial charge in [-0.25, -0.2) is 9.59 Å². The molecule has 0 unspecified atom stereocenters. The van der Waals surface area contributed by atoms with Crippen LogP contribution < -0.4 is 15.0 Å². The van der Waals surface area contributed by atoms with Crippen molar-refractivity contribution in [2.75, 3.05) is 38.7 Å². The predicted octanol–water partition coefficient (Wildman–Crippen LogP) is 8.66. The number of anilines is 1. The minimum Gasteiger partial charge on any atom is -0.496 e. The molecule has 3 aliphatic rings. The van der Waals surface area contributed by atoms with Gasteiger partial charge in [-0.2, -0.15) is 5.10 Å². The molecule has 0 radical (unpaired) electrons. The molecule has 3 saturated carbocycles. The molecule has 11 nitrogen and oxygen atoms in total. The van der Waals surface area contributed by atoms with Crippen LogP contribution in [0.4, 0.5) is 15.3 Å². The summed E-state index contributed by atoms with van der Waals surface area (Å²) >= 11 is 0. The first kappa shape index (κ1) is 39.2. The van der Waals surface area contributed by atoms with Crippen LogP contribution in [0, 0.1) is 18.8 Å². The maximum atomic E-state index is 14.5. The molecule has 1 heterocycles. The van der Waals surface area contributed by atoms with Gasteiger partial charge in [-0.15, -0.1) is 0 Å². The van der Waals surface area contributed by atoms with Crippen molar-refractivity contribution in [3.63, 3.8) is 0 Å². The van der Waals surface area contributed by atoms with Gasteiger partial charge in [0.2, 0.25) is 5.91 Å². The summed E-state index contributed by atoms with van der Waals surface area (Å²) in [6.45, 7) is 8.79. The fourth-order valence-electron chi connectivity index (χ4n) is 7.89. The number of methoxy groups -OCH3 is 1. The Hall–Kier alpha value is -4.54. The standard InChI is InChI=1S/C43H59N5O6/c1-29-24-34(16-21-39(29)52-6)31-12-10-30(11-13-31)27-47(37-9-7-8-33(25-37)35-26-45-48(28-35)36-17-18-36)40(49)32-14-19-38(20-15-32)53-41(50)44-22-23-46(5)42(51)54-43(2,3)4/h7-9,16,21,24-26,28,30-32,36,38H,10-15,17-20,22-23,27H2,1-6H3,(H,44,50)/t30-,31-,32-,38-. The van der Waals surface area contributed by atoms with Crippen LogP contribution in [0.5, 0.6) is 5.75 Å². The molecule has 1 aromatic heterocycles. The van der Waals surface area contributed by atoms with Crippen LogP contribution in [-0.4, -0.2) is 78.3 Å². The number of ether oxygens (including phenoxy) is 3. The molecule has 1 N–H and O–H groups in total. The second kappa shape index (κ2) is 17.3. The van der Waals surface area contributed by atoms with E-state index in [4.69, 9.17) is 14.2 Å². The number of nitrogens with zero attached hydrogens (tertiary/aromatic N) is 4. The highest BCUT2D eigenvalue weighted by Gasteiger charge is 2.34. The molecule has 0 spiro atoms. The van der Waals surface area contributed by atoms with E-state index in [-0.39, 0.29) is 24.5 Å². The topological polar surface area (TPSA) is 115 Å². The van der Waals surface area contributed by atoms with Gasteiger partial charge in [0.25, 0.3) is 0 Å². The molecule has 2 aromatic carbocycles. The lowest BCUT2D eigenvalue weighted by atomic mass is 9.78. The van der Waals surface area contributed by atoms with E-state index in [0.717, 1.165) is 48.2 Å². The van der Waals surface area contributed by atoms with Crippen LogP contribution in [0.25, 0.3) is 11.1 Å². The number of aryl methyl sites for hydroxylation is 1. The summed E-state index contributed by atoms with van der Waals surface area (Å²) < 4.78 is 18.7. The second-order valence-corrected chi connectivity index (χ2v) is 16.6. The first-order valence-electron chi connectivity index (χ1n) is 19.9. The van der Waals surface area contributed by atoms with Crippen LogP contribution in [-0.2, 0) is 14.3 Å². The Kier molecular flexibility index (Phi) is 12.5. The molecular formula is C43H59N5O6. The van der Waals surface area contributed by atoms with Gasteiger partial charge in [0, 0.05) is 50.0 Å². The summed E-state index contributed by atoms with van der Waals surface area (Å²) in [4.78, 5) is 42.8. The van der Waals surface area contributed by atoms with Crippen molar-refractivity contribution in [1.82, 2.24) is 20.0 Å². The summed E-state index contributed by atoms with van der Waals surface area (Å²) in [7, 11) is 3.35. The van der Waals surface area contributed by atoms with Crippen LogP contribution in [0.2, 0.25) is 0 Å². The molecule has 292 valence electrons. The number of hydrogen-bond acceptors (Lipinski definition) is 7. The molecule has 0 aliphatic heterocycles. The van der Waals surface area contributed by atoms with Crippen LogP contribution in [0.3, 0.4) is 0 Å². The van der Waals surface area contributed by atoms with E-state index < -0.39 is 17.8 Å². The molecule has 0 saturated heterocycles. The summed E-state index contributed by atoms with van der Waals surface area (Å²) in [5.74, 6) is 1.85. The molecule has 6 rings (SSSR count). The number of amides is 3. The molecule has 54 heavy (non-hydrogen) atoms. The minimum atomic E-state index is -0.587. The average molecular weight is 742 g/mol. The number of carbonyl (C=O) groups is 3. The number of alkyl carbamates (subject to hydrolysis) is 1. The van der Waals surface area contributed by atoms with Crippen molar-refractivity contribution in [3.8, 4) is 16.9 Å². The SMILES string of the molecule is COc1ccc([C@H]2CC[C@H](CN(c3cccc(-c4cnn(C5CC5)c4)c3)C(=O)[C@H]3CC[C@H](OC(=O)NCCN(C)C(=O)OC(C)(C)C)CC3)CC2)cc1C. The molecule has 3 fully saturated rings. The number of benzene rings is 2. The van der Waals surface area contributed by atoms with Crippen molar-refractivity contribution in [2.45, 2.75) is 116 Å². The van der Waals surface area contributed by atoms with Crippen LogP contribution in [0.15, 0.2) is 54.9 Å². The Morgan fingerprint density at radius 2 is 1.67 bits per heavy atom. The highest BCUT2D eigenvalue weighted by molar-refractivity contribution is 5.95. The Morgan fingerprint density at radius 3 is 2.33 bits per heavy atom. The molecule has 3 aromatic rings. The van der Waals surface area contributed by atoms with E-state index in [2.05, 4.69) is 75.6 Å². The third kappa shape index (κ3) is 10.4. The highest BCUT2D eigenvalue weighted by atomic mass is 16.6. The first-order chi connectivity index (χ1) is 25.9. The maximum absolute atomic E-state index is 14.5. The number of carbonyl (C=O) groups excluding carboxylic acids is 3. The van der Waals surface area contributed by atoms with E-state index in [9.17, 15) is 14.4 Å². The monoisotopic (exact) mass is 741 g/mol. The maximum Gasteiger partial charge on any atom is 0.410 e. The Balaban J connectivity index is 1.07. The molecule has 3 amide bonds. The van der Waals surface area contributed by atoms with Gasteiger partial charge in [0.05, 0.1) is 19.3 Å². The minimum absolute atomic E-state index is 0.143. The van der Waals surface area contributed by atoms with Crippen LogP contribution in [0.1, 0.15) is 108 Å². The van der Waals surface area contributed by atoms with Gasteiger partial charge in [-0.05, 0) is 139 Å². The van der Waals surface area contributed by atoms with E-state index in [1.165, 1.54) is 28.9 Å². The highest BCUT2D eigenvalue weighted by Crippen LogP contribution is 2.40. The number of hydrogen-bond donors (Lipinski definition) is 1. The Morgan fingerprint density at radius 1 is 0.926 bits per heavy atom. The normalized spacial score (nSPS) is 21.5. The number of likely N-dealkylation sites (N-methyl/N-ethyl adjacent to an activating group) is 1. The van der Waals surface area contributed by atoms with Gasteiger partial charge in [-0.3, -0.25) is 9.48 Å². The summed E-state index contributed by atoms with van der Waals surface area (Å²) in [5, 5.41) is 7.37. The quantitative estimate of drug-likeness (QED) is 0.198. The molecular weight excluding hydrogens is 683 g/mol. The lowest BCUT2D eigenvalue weighted by Crippen LogP contribution is -2.43. The fourth-order valence-corrected chi connectivity index (χ4v) is 7.89. The summed E-state index contributed by atoms with van der Waals surface area (Å²) in [5.41, 5.74) is 5.02. The summed E-state index contributed by atoms with van der Waals surface area (Å²) in [6.07, 6.45) is 12.1. The van der Waals surface area contributed by atoms with Crippen molar-refractivity contribution in [3.05, 3.63) is 66.0 Å². The van der Waals surface area contributed by atoms with Gasteiger partial charge in [0.1, 0.15) is 17.5 Å². The molecule has 3 aliphatic carbocycles. The third-order valence-electron chi connectivity index (χ3n) is 11.2. The van der Waals surface area contributed by atoms with Crippen molar-refractivity contribution < 1.29 is 28.6 Å². The van der Waals surface area contributed by atoms with Crippen molar-refractivity contribution >= 4 is 23.8 Å². The van der Waals surface area contributed by atoms with E-state index in [1.807, 2.05) is 27.0 Å². The summed E-state index contributed by atoms with van der Waals surface area (Å²) in [6, 6.07) is 15.4. The number of nitrogens with one attached hydrogen (secondary N) is 1. The zero-order chi connectivity index (χ0) is 38.4. The lowest BCUT2D eigenvalue weighted by molar-refractivity contribution is -0.124. The van der Waals surface area contributed by atoms with Gasteiger partial charge in [0.15, 0.2) is 0 Å². The smallest absolute Gasteiger partial charge is 0.410 e. The Labute approximate surface area is 320 Å². The van der Waals surface area contributed by atoms with E-state index in [0.29, 0.717) is 56.7 Å². The number of aromatic nitrogens is 2. The van der Waals surface area contributed by atoms with Gasteiger partial charge in [-0.1, -0.05) is 24.3 Å². The van der Waals surface area contributed by atoms with E-state index >= 15 is 0 Å². The largest absolute Gasteiger partial charge is 0.496 e. The third-order valence-corrected chi connectivity index (χ3v) is 11.2. The zero-order valence-electron chi connectivity index (χ0n) is 33.0. The van der Waals surface area contributed by atoms with Gasteiger partial charge >= 0.3 is 12.2 Å². The van der Waals surface area contributed by atoms with Crippen LogP contribution >= 0.6 is 0 Å². The Bertz CT molecular complexity index is 1750. The molecule has 0 bridgehead atoms. The molecule has 0 atom stereocenters. The lowest BCUT2D eigenvalue weighted by Gasteiger charge is -2.36.